The molecule has 6 nitrogen and oxygen atoms in total. The Hall–Kier alpha value is -3.14. The van der Waals surface area contributed by atoms with Crippen molar-refractivity contribution in [2.24, 2.45) is 5.73 Å². The predicted octanol–water partition coefficient (Wildman–Crippen LogP) is 0.287. The molecular weight excluding hydrogens is 318 g/mol. The van der Waals surface area contributed by atoms with Gasteiger partial charge in [-0.05, 0) is 36.4 Å². The van der Waals surface area contributed by atoms with Crippen LogP contribution in [0.3, 0.4) is 0 Å². The number of benzene rings is 2. The van der Waals surface area contributed by atoms with Gasteiger partial charge in [-0.25, -0.2) is 0 Å². The molecule has 6 heteroatoms. The molecule has 2 aromatic carbocycles. The zero-order valence-corrected chi connectivity index (χ0v) is 13.5. The number of anilines is 1. The minimum absolute atomic E-state index is 0.0762. The zero-order valence-electron chi connectivity index (χ0n) is 13.5. The van der Waals surface area contributed by atoms with Crippen LogP contribution in [0.15, 0.2) is 48.5 Å². The van der Waals surface area contributed by atoms with E-state index in [2.05, 4.69) is 17.2 Å². The van der Waals surface area contributed by atoms with Crippen molar-refractivity contribution in [3.63, 3.8) is 0 Å². The number of amides is 1. The topological polar surface area (TPSA) is 118 Å². The molecule has 0 heterocycles. The van der Waals surface area contributed by atoms with Crippen LogP contribution < -0.4 is 16.8 Å². The fourth-order valence-corrected chi connectivity index (χ4v) is 2.08. The maximum atomic E-state index is 12.1. The average molecular weight is 337 g/mol. The number of ketones is 1. The number of nitrogen functional groups attached to an aromatic ring is 1. The second kappa shape index (κ2) is 8.64. The molecule has 1 amide bonds. The number of nitrogens with two attached hydrogens (primary N) is 2. The zero-order chi connectivity index (χ0) is 18.2. The Bertz CT molecular complexity index is 820. The number of rotatable bonds is 5. The molecule has 0 radical (unpaired) electrons. The molecule has 1 atom stereocenters. The van der Waals surface area contributed by atoms with Gasteiger partial charge in [-0.3, -0.25) is 9.59 Å². The molecule has 0 aliphatic heterocycles. The number of carbonyl (C=O) groups excluding carboxylic acids is 2. The van der Waals surface area contributed by atoms with E-state index in [0.717, 1.165) is 11.1 Å². The number of hydrogen-bond donors (Lipinski definition) is 4. The van der Waals surface area contributed by atoms with E-state index in [-0.39, 0.29) is 6.54 Å². The van der Waals surface area contributed by atoms with E-state index in [1.807, 2.05) is 18.2 Å². The van der Waals surface area contributed by atoms with Gasteiger partial charge in [-0.2, -0.15) is 0 Å². The summed E-state index contributed by atoms with van der Waals surface area (Å²) in [6, 6.07) is 13.0. The number of para-hydroxylation sites is 1. The largest absolute Gasteiger partial charge is 0.398 e. The van der Waals surface area contributed by atoms with Gasteiger partial charge in [-0.1, -0.05) is 24.0 Å². The Balaban J connectivity index is 2.08. The van der Waals surface area contributed by atoms with Gasteiger partial charge in [0.05, 0.1) is 0 Å². The summed E-state index contributed by atoms with van der Waals surface area (Å²) in [5.41, 5.74) is 13.7. The minimum Gasteiger partial charge on any atom is -0.398 e. The monoisotopic (exact) mass is 337 g/mol. The van der Waals surface area contributed by atoms with E-state index in [1.54, 1.807) is 30.3 Å². The molecular formula is C19H19N3O3. The number of aliphatic hydroxyl groups is 1. The highest BCUT2D eigenvalue weighted by atomic mass is 16.3. The first-order valence-electron chi connectivity index (χ1n) is 7.66. The lowest BCUT2D eigenvalue weighted by Crippen LogP contribution is -2.46. The van der Waals surface area contributed by atoms with Crippen LogP contribution in [0.5, 0.6) is 0 Å². The molecule has 2 aromatic rings. The highest BCUT2D eigenvalue weighted by molar-refractivity contribution is 5.98. The van der Waals surface area contributed by atoms with Gasteiger partial charge in [-0.15, -0.1) is 0 Å². The highest BCUT2D eigenvalue weighted by Crippen LogP contribution is 2.09. The molecule has 0 aliphatic rings. The Morgan fingerprint density at radius 1 is 1.08 bits per heavy atom. The maximum Gasteiger partial charge on any atom is 0.251 e. The third-order valence-electron chi connectivity index (χ3n) is 3.53. The number of aliphatic hydroxyl groups excluding tert-OH is 1. The van der Waals surface area contributed by atoms with Crippen LogP contribution in [-0.4, -0.2) is 36.0 Å². The van der Waals surface area contributed by atoms with Crippen molar-refractivity contribution in [1.82, 2.24) is 5.32 Å². The standard InChI is InChI=1S/C19H19N3O3/c20-11-17(18(24)12-23)22-19(25)15-9-6-13(7-10-15)5-8-14-3-1-2-4-16(14)21/h1-4,6-7,9-10,17,23H,11-12,20-21H2,(H,22,25)/t17-/m0/s1. The van der Waals surface area contributed by atoms with E-state index in [1.165, 1.54) is 0 Å². The van der Waals surface area contributed by atoms with Gasteiger partial charge in [0, 0.05) is 28.9 Å². The second-order valence-corrected chi connectivity index (χ2v) is 5.30. The molecule has 0 bridgehead atoms. The van der Waals surface area contributed by atoms with Gasteiger partial charge in [0.1, 0.15) is 12.6 Å². The molecule has 0 aliphatic carbocycles. The van der Waals surface area contributed by atoms with Crippen LogP contribution in [0.25, 0.3) is 0 Å². The van der Waals surface area contributed by atoms with Crippen molar-refractivity contribution in [2.75, 3.05) is 18.9 Å². The molecule has 0 unspecified atom stereocenters. The molecule has 0 saturated heterocycles. The van der Waals surface area contributed by atoms with E-state index < -0.39 is 24.3 Å². The van der Waals surface area contributed by atoms with Crippen molar-refractivity contribution in [3.8, 4) is 11.8 Å². The molecule has 0 aromatic heterocycles. The summed E-state index contributed by atoms with van der Waals surface area (Å²) in [6.45, 7) is -0.744. The Kier molecular flexibility index (Phi) is 6.29. The van der Waals surface area contributed by atoms with Crippen molar-refractivity contribution >= 4 is 17.4 Å². The number of Topliss-reactive ketones (excluding diaryl/α,β-unsaturated/α-hetero) is 1. The number of hydrogen-bond acceptors (Lipinski definition) is 5. The normalized spacial score (nSPS) is 11.1. The van der Waals surface area contributed by atoms with Crippen LogP contribution in [-0.2, 0) is 4.79 Å². The molecule has 25 heavy (non-hydrogen) atoms. The molecule has 0 spiro atoms. The Morgan fingerprint density at radius 3 is 2.36 bits per heavy atom. The van der Waals surface area contributed by atoms with Crippen LogP contribution in [0.4, 0.5) is 5.69 Å². The van der Waals surface area contributed by atoms with Crippen LogP contribution in [0, 0.1) is 11.8 Å². The Morgan fingerprint density at radius 2 is 1.76 bits per heavy atom. The lowest BCUT2D eigenvalue weighted by molar-refractivity contribution is -0.123. The first kappa shape index (κ1) is 18.2. The minimum atomic E-state index is -0.905. The quantitative estimate of drug-likeness (QED) is 0.462. The fourth-order valence-electron chi connectivity index (χ4n) is 2.08. The molecule has 6 N–H and O–H groups in total. The van der Waals surface area contributed by atoms with Crippen molar-refractivity contribution in [1.29, 1.82) is 0 Å². The van der Waals surface area contributed by atoms with Gasteiger partial charge in [0.25, 0.3) is 5.91 Å². The lowest BCUT2D eigenvalue weighted by atomic mass is 10.1. The SMILES string of the molecule is NC[C@H](NC(=O)c1ccc(C#Cc2ccccc2N)cc1)C(=O)CO. The fraction of sp³-hybridized carbons (Fsp3) is 0.158. The van der Waals surface area contributed by atoms with Gasteiger partial charge >= 0.3 is 0 Å². The van der Waals surface area contributed by atoms with E-state index >= 15 is 0 Å². The van der Waals surface area contributed by atoms with Gasteiger partial charge in [0.15, 0.2) is 5.78 Å². The molecule has 2 rings (SSSR count). The summed E-state index contributed by atoms with van der Waals surface area (Å²) in [7, 11) is 0. The predicted molar refractivity (Wildman–Crippen MR) is 95.7 cm³/mol. The highest BCUT2D eigenvalue weighted by Gasteiger charge is 2.18. The number of nitrogens with one attached hydrogen (secondary N) is 1. The van der Waals surface area contributed by atoms with E-state index in [9.17, 15) is 9.59 Å². The molecule has 0 fully saturated rings. The summed E-state index contributed by atoms with van der Waals surface area (Å²) in [5.74, 6) is 4.99. The molecule has 128 valence electrons. The Labute approximate surface area is 145 Å². The third kappa shape index (κ3) is 4.91. The van der Waals surface area contributed by atoms with Crippen molar-refractivity contribution < 1.29 is 14.7 Å². The van der Waals surface area contributed by atoms with Crippen LogP contribution in [0.2, 0.25) is 0 Å². The summed E-state index contributed by atoms with van der Waals surface area (Å²) < 4.78 is 0. The maximum absolute atomic E-state index is 12.1. The van der Waals surface area contributed by atoms with Crippen LogP contribution >= 0.6 is 0 Å². The first-order valence-corrected chi connectivity index (χ1v) is 7.66. The number of carbonyl (C=O) groups is 2. The van der Waals surface area contributed by atoms with Crippen molar-refractivity contribution in [3.05, 3.63) is 65.2 Å². The van der Waals surface area contributed by atoms with E-state index in [0.29, 0.717) is 11.3 Å². The summed E-state index contributed by atoms with van der Waals surface area (Å²) in [6.07, 6.45) is 0. The second-order valence-electron chi connectivity index (χ2n) is 5.30. The summed E-state index contributed by atoms with van der Waals surface area (Å²) in [4.78, 5) is 23.6. The first-order chi connectivity index (χ1) is 12.0. The summed E-state index contributed by atoms with van der Waals surface area (Å²) >= 11 is 0. The van der Waals surface area contributed by atoms with E-state index in [4.69, 9.17) is 16.6 Å². The summed E-state index contributed by atoms with van der Waals surface area (Å²) in [5, 5.41) is 11.3. The average Bonchev–Trinajstić information content (AvgIpc) is 2.65. The van der Waals surface area contributed by atoms with Crippen molar-refractivity contribution in [2.45, 2.75) is 6.04 Å². The lowest BCUT2D eigenvalue weighted by Gasteiger charge is -2.14. The van der Waals surface area contributed by atoms with Gasteiger partial charge in [0.2, 0.25) is 0 Å². The molecule has 0 saturated carbocycles. The van der Waals surface area contributed by atoms with Crippen LogP contribution in [0.1, 0.15) is 21.5 Å². The third-order valence-corrected chi connectivity index (χ3v) is 3.53. The van der Waals surface area contributed by atoms with Gasteiger partial charge < -0.3 is 21.9 Å². The smallest absolute Gasteiger partial charge is 0.251 e.